The number of halogens is 1. The number of anilines is 1. The van der Waals surface area contributed by atoms with Crippen molar-refractivity contribution >= 4 is 57.6 Å². The number of hydrogen-bond donors (Lipinski definition) is 1. The highest BCUT2D eigenvalue weighted by Crippen LogP contribution is 2.28. The Morgan fingerprint density at radius 3 is 2.64 bits per heavy atom. The monoisotopic (exact) mass is 392 g/mol. The van der Waals surface area contributed by atoms with E-state index in [0.29, 0.717) is 10.8 Å². The molecule has 0 radical (unpaired) electrons. The van der Waals surface area contributed by atoms with Gasteiger partial charge in [-0.1, -0.05) is 18.5 Å². The molecule has 0 saturated heterocycles. The highest BCUT2D eigenvalue weighted by Gasteiger charge is 2.27. The fraction of sp³-hybridized carbons (Fsp3) is 0.222. The van der Waals surface area contributed by atoms with Gasteiger partial charge in [-0.3, -0.25) is 4.90 Å². The number of amides is 1. The summed E-state index contributed by atoms with van der Waals surface area (Å²) in [5.74, 6) is 0.442. The van der Waals surface area contributed by atoms with Gasteiger partial charge in [0.15, 0.2) is 0 Å². The lowest BCUT2D eigenvalue weighted by Gasteiger charge is -2.30. The topological polar surface area (TPSA) is 42.4 Å². The molecule has 2 unspecified atom stereocenters. The standard InChI is InChI=1S/C18H17ClN2O2S2/c1-11(12(2)24)21(14-5-8-16-17(9-14)25-10-20-16)18(22)23-15-6-3-13(19)4-7-15/h3-12,24H,1-2H3. The summed E-state index contributed by atoms with van der Waals surface area (Å²) in [5, 5.41) is 0.555. The van der Waals surface area contributed by atoms with E-state index in [1.807, 2.05) is 32.0 Å². The summed E-state index contributed by atoms with van der Waals surface area (Å²) in [6, 6.07) is 12.3. The molecule has 4 nitrogen and oxygen atoms in total. The molecule has 0 fully saturated rings. The zero-order chi connectivity index (χ0) is 18.0. The van der Waals surface area contributed by atoms with Gasteiger partial charge in [0.1, 0.15) is 5.75 Å². The van der Waals surface area contributed by atoms with Crippen molar-refractivity contribution in [1.29, 1.82) is 0 Å². The van der Waals surface area contributed by atoms with Crippen LogP contribution in [0.2, 0.25) is 5.02 Å². The number of hydrogen-bond acceptors (Lipinski definition) is 5. The number of benzene rings is 2. The lowest BCUT2D eigenvalue weighted by molar-refractivity contribution is 0.205. The molecule has 0 N–H and O–H groups in total. The van der Waals surface area contributed by atoms with Crippen LogP contribution in [0, 0.1) is 0 Å². The molecule has 2 atom stereocenters. The van der Waals surface area contributed by atoms with Crippen LogP contribution < -0.4 is 9.64 Å². The molecule has 0 aliphatic heterocycles. The second kappa shape index (κ2) is 7.64. The van der Waals surface area contributed by atoms with E-state index in [1.165, 1.54) is 11.3 Å². The number of thiazole rings is 1. The molecule has 3 aromatic rings. The van der Waals surface area contributed by atoms with Gasteiger partial charge in [0.05, 0.1) is 15.7 Å². The van der Waals surface area contributed by atoms with Crippen LogP contribution in [0.4, 0.5) is 10.5 Å². The van der Waals surface area contributed by atoms with E-state index in [-0.39, 0.29) is 11.3 Å². The van der Waals surface area contributed by atoms with Gasteiger partial charge in [-0.25, -0.2) is 9.78 Å². The van der Waals surface area contributed by atoms with Crippen LogP contribution in [0.25, 0.3) is 10.2 Å². The fourth-order valence-corrected chi connectivity index (χ4v) is 3.34. The molecule has 7 heteroatoms. The number of carbonyl (C=O) groups excluding carboxylic acids is 1. The minimum atomic E-state index is -0.459. The van der Waals surface area contributed by atoms with Crippen molar-refractivity contribution in [3.05, 3.63) is 53.0 Å². The molecule has 130 valence electrons. The quantitative estimate of drug-likeness (QED) is 0.582. The van der Waals surface area contributed by atoms with Crippen molar-refractivity contribution in [3.8, 4) is 5.75 Å². The van der Waals surface area contributed by atoms with Gasteiger partial charge in [0, 0.05) is 22.0 Å². The summed E-state index contributed by atoms with van der Waals surface area (Å²) in [4.78, 5) is 18.7. The Kier molecular flexibility index (Phi) is 5.51. The first-order valence-corrected chi connectivity index (χ1v) is 9.51. The normalized spacial score (nSPS) is 13.4. The summed E-state index contributed by atoms with van der Waals surface area (Å²) in [6.07, 6.45) is -0.459. The maximum Gasteiger partial charge on any atom is 0.420 e. The highest BCUT2D eigenvalue weighted by atomic mass is 35.5. The van der Waals surface area contributed by atoms with Gasteiger partial charge >= 0.3 is 6.09 Å². The first-order chi connectivity index (χ1) is 12.0. The van der Waals surface area contributed by atoms with Crippen molar-refractivity contribution < 1.29 is 9.53 Å². The van der Waals surface area contributed by atoms with E-state index in [4.69, 9.17) is 16.3 Å². The number of nitrogens with zero attached hydrogens (tertiary/aromatic N) is 2. The Labute approximate surface area is 160 Å². The molecular formula is C18H17ClN2O2S2. The van der Waals surface area contributed by atoms with Crippen LogP contribution in [-0.2, 0) is 0 Å². The zero-order valence-corrected chi connectivity index (χ0v) is 16.2. The number of ether oxygens (including phenoxy) is 1. The third-order valence-electron chi connectivity index (χ3n) is 3.91. The predicted octanol–water partition coefficient (Wildman–Crippen LogP) is 5.66. The SMILES string of the molecule is CC(S)C(C)N(C(=O)Oc1ccc(Cl)cc1)c1ccc2ncsc2c1. The van der Waals surface area contributed by atoms with E-state index in [0.717, 1.165) is 15.9 Å². The molecule has 0 saturated carbocycles. The van der Waals surface area contributed by atoms with Gasteiger partial charge in [-0.05, 0) is 49.4 Å². The van der Waals surface area contributed by atoms with Gasteiger partial charge in [-0.15, -0.1) is 11.3 Å². The lowest BCUT2D eigenvalue weighted by atomic mass is 10.2. The van der Waals surface area contributed by atoms with Crippen LogP contribution in [0.15, 0.2) is 48.0 Å². The van der Waals surface area contributed by atoms with Gasteiger partial charge < -0.3 is 4.74 Å². The Balaban J connectivity index is 1.93. The summed E-state index contributed by atoms with van der Waals surface area (Å²) in [5.41, 5.74) is 3.45. The Morgan fingerprint density at radius 1 is 1.24 bits per heavy atom. The number of fused-ring (bicyclic) bond motifs is 1. The Bertz CT molecular complexity index is 880. The maximum absolute atomic E-state index is 12.8. The highest BCUT2D eigenvalue weighted by molar-refractivity contribution is 7.81. The summed E-state index contributed by atoms with van der Waals surface area (Å²) in [6.45, 7) is 3.89. The zero-order valence-electron chi connectivity index (χ0n) is 13.7. The van der Waals surface area contributed by atoms with Crippen molar-refractivity contribution in [2.45, 2.75) is 25.1 Å². The van der Waals surface area contributed by atoms with Crippen molar-refractivity contribution in [2.75, 3.05) is 4.90 Å². The second-order valence-corrected chi connectivity index (χ2v) is 7.81. The van der Waals surface area contributed by atoms with Gasteiger partial charge in [0.25, 0.3) is 0 Å². The summed E-state index contributed by atoms with van der Waals surface area (Å²) < 4.78 is 6.55. The van der Waals surface area contributed by atoms with Crippen molar-refractivity contribution in [3.63, 3.8) is 0 Å². The van der Waals surface area contributed by atoms with E-state index < -0.39 is 6.09 Å². The van der Waals surface area contributed by atoms with Crippen molar-refractivity contribution in [1.82, 2.24) is 4.98 Å². The van der Waals surface area contributed by atoms with Crippen LogP contribution >= 0.6 is 35.6 Å². The number of rotatable bonds is 4. The van der Waals surface area contributed by atoms with Crippen LogP contribution in [-0.4, -0.2) is 22.4 Å². The molecule has 3 rings (SSSR count). The van der Waals surface area contributed by atoms with Crippen molar-refractivity contribution in [2.24, 2.45) is 0 Å². The molecule has 25 heavy (non-hydrogen) atoms. The average Bonchev–Trinajstić information content (AvgIpc) is 3.05. The minimum Gasteiger partial charge on any atom is -0.410 e. The third-order valence-corrected chi connectivity index (χ3v) is 5.39. The number of thiol groups is 1. The second-order valence-electron chi connectivity index (χ2n) is 5.68. The predicted molar refractivity (Wildman–Crippen MR) is 107 cm³/mol. The molecule has 0 bridgehead atoms. The number of carbonyl (C=O) groups is 1. The summed E-state index contributed by atoms with van der Waals surface area (Å²) >= 11 is 11.9. The van der Waals surface area contributed by atoms with Crippen LogP contribution in [0.1, 0.15) is 13.8 Å². The van der Waals surface area contributed by atoms with Gasteiger partial charge in [-0.2, -0.15) is 12.6 Å². The van der Waals surface area contributed by atoms with E-state index in [9.17, 15) is 4.79 Å². The maximum atomic E-state index is 12.8. The van der Waals surface area contributed by atoms with E-state index in [1.54, 1.807) is 34.7 Å². The molecule has 2 aromatic carbocycles. The fourth-order valence-electron chi connectivity index (χ4n) is 2.37. The minimum absolute atomic E-state index is 0.0325. The number of aromatic nitrogens is 1. The molecule has 1 amide bonds. The smallest absolute Gasteiger partial charge is 0.410 e. The lowest BCUT2D eigenvalue weighted by Crippen LogP contribution is -2.44. The molecular weight excluding hydrogens is 376 g/mol. The molecule has 1 aromatic heterocycles. The van der Waals surface area contributed by atoms with E-state index in [2.05, 4.69) is 17.6 Å². The molecule has 0 aliphatic carbocycles. The van der Waals surface area contributed by atoms with E-state index >= 15 is 0 Å². The van der Waals surface area contributed by atoms with Crippen LogP contribution in [0.5, 0.6) is 5.75 Å². The third kappa shape index (κ3) is 4.08. The Morgan fingerprint density at radius 2 is 1.96 bits per heavy atom. The average molecular weight is 393 g/mol. The molecule has 0 aliphatic rings. The van der Waals surface area contributed by atoms with Crippen LogP contribution in [0.3, 0.4) is 0 Å². The molecule has 0 spiro atoms. The van der Waals surface area contributed by atoms with Gasteiger partial charge in [0.2, 0.25) is 0 Å². The first kappa shape index (κ1) is 18.0. The summed E-state index contributed by atoms with van der Waals surface area (Å²) in [7, 11) is 0. The molecule has 1 heterocycles. The largest absolute Gasteiger partial charge is 0.420 e. The Hall–Kier alpha value is -1.76. The first-order valence-electron chi connectivity index (χ1n) is 7.73.